The van der Waals surface area contributed by atoms with Gasteiger partial charge in [-0.25, -0.2) is 0 Å². The summed E-state index contributed by atoms with van der Waals surface area (Å²) in [4.78, 5) is 2.18. The van der Waals surface area contributed by atoms with E-state index in [0.29, 0.717) is 5.56 Å². The van der Waals surface area contributed by atoms with E-state index in [2.05, 4.69) is 29.0 Å². The molecule has 4 nitrogen and oxygen atoms in total. The highest BCUT2D eigenvalue weighted by atomic mass is 16.3. The highest BCUT2D eigenvalue weighted by Gasteiger charge is 2.07. The molecule has 0 saturated carbocycles. The van der Waals surface area contributed by atoms with Crippen molar-refractivity contribution in [1.82, 2.24) is 0 Å². The van der Waals surface area contributed by atoms with Gasteiger partial charge in [-0.3, -0.25) is 0 Å². The van der Waals surface area contributed by atoms with Crippen molar-refractivity contribution in [2.75, 3.05) is 18.0 Å². The van der Waals surface area contributed by atoms with E-state index in [9.17, 15) is 5.11 Å². The maximum atomic E-state index is 10.4. The molecule has 0 spiro atoms. The average Bonchev–Trinajstić information content (AvgIpc) is 2.74. The SMILES string of the molecule is CCN(CC)c1ccc(C=NN=C(c2ccccc2)c2ccccc2)c(O)c1. The molecule has 3 rings (SSSR count). The highest BCUT2D eigenvalue weighted by molar-refractivity contribution is 6.13. The molecule has 0 aromatic heterocycles. The molecule has 0 aliphatic heterocycles. The van der Waals surface area contributed by atoms with Crippen molar-refractivity contribution >= 4 is 17.6 Å². The van der Waals surface area contributed by atoms with Crippen LogP contribution >= 0.6 is 0 Å². The van der Waals surface area contributed by atoms with E-state index in [1.165, 1.54) is 0 Å². The Morgan fingerprint density at radius 1 is 0.857 bits per heavy atom. The third-order valence-electron chi connectivity index (χ3n) is 4.59. The number of anilines is 1. The van der Waals surface area contributed by atoms with Crippen LogP contribution in [0.1, 0.15) is 30.5 Å². The Bertz CT molecular complexity index is 905. The summed E-state index contributed by atoms with van der Waals surface area (Å²) in [6.07, 6.45) is 1.59. The van der Waals surface area contributed by atoms with Crippen molar-refractivity contribution in [3.8, 4) is 5.75 Å². The molecule has 3 aromatic carbocycles. The van der Waals surface area contributed by atoms with Crippen molar-refractivity contribution in [2.45, 2.75) is 13.8 Å². The first kappa shape index (κ1) is 19.4. The van der Waals surface area contributed by atoms with Gasteiger partial charge < -0.3 is 10.0 Å². The molecule has 0 bridgehead atoms. The summed E-state index contributed by atoms with van der Waals surface area (Å²) < 4.78 is 0. The zero-order chi connectivity index (χ0) is 19.8. The normalized spacial score (nSPS) is 10.8. The number of benzene rings is 3. The molecular formula is C24H25N3O. The molecule has 0 aliphatic rings. The van der Waals surface area contributed by atoms with E-state index < -0.39 is 0 Å². The second-order valence-corrected chi connectivity index (χ2v) is 6.34. The summed E-state index contributed by atoms with van der Waals surface area (Å²) in [7, 11) is 0. The summed E-state index contributed by atoms with van der Waals surface area (Å²) in [6, 6.07) is 25.6. The van der Waals surface area contributed by atoms with Gasteiger partial charge in [0.15, 0.2) is 0 Å². The van der Waals surface area contributed by atoms with E-state index in [4.69, 9.17) is 0 Å². The standard InChI is InChI=1S/C24H25N3O/c1-3-27(4-2)22-16-15-21(23(28)17-22)18-25-26-24(19-11-7-5-8-12-19)20-13-9-6-10-14-20/h5-18,28H,3-4H2,1-2H3. The maximum absolute atomic E-state index is 10.4. The fraction of sp³-hybridized carbons (Fsp3) is 0.167. The smallest absolute Gasteiger partial charge is 0.126 e. The van der Waals surface area contributed by atoms with Gasteiger partial charge in [0.1, 0.15) is 11.5 Å². The molecule has 0 fully saturated rings. The van der Waals surface area contributed by atoms with Crippen LogP contribution < -0.4 is 4.90 Å². The van der Waals surface area contributed by atoms with Crippen LogP contribution in [0.3, 0.4) is 0 Å². The van der Waals surface area contributed by atoms with Crippen molar-refractivity contribution in [3.05, 3.63) is 95.6 Å². The van der Waals surface area contributed by atoms with Gasteiger partial charge >= 0.3 is 0 Å². The third kappa shape index (κ3) is 4.65. The highest BCUT2D eigenvalue weighted by Crippen LogP contribution is 2.23. The first-order chi connectivity index (χ1) is 13.7. The Balaban J connectivity index is 1.90. The van der Waals surface area contributed by atoms with E-state index in [-0.39, 0.29) is 5.75 Å². The molecule has 0 amide bonds. The largest absolute Gasteiger partial charge is 0.507 e. The minimum absolute atomic E-state index is 0.198. The Morgan fingerprint density at radius 3 is 1.93 bits per heavy atom. The monoisotopic (exact) mass is 371 g/mol. The third-order valence-corrected chi connectivity index (χ3v) is 4.59. The number of phenols is 1. The first-order valence-electron chi connectivity index (χ1n) is 9.52. The van der Waals surface area contributed by atoms with Crippen LogP contribution in [0.25, 0.3) is 0 Å². The predicted molar refractivity (Wildman–Crippen MR) is 118 cm³/mol. The van der Waals surface area contributed by atoms with Gasteiger partial charge in [-0.2, -0.15) is 5.10 Å². The molecule has 0 radical (unpaired) electrons. The summed E-state index contributed by atoms with van der Waals surface area (Å²) in [5.41, 5.74) is 4.41. The molecule has 4 heteroatoms. The Hall–Kier alpha value is -3.40. The number of phenolic OH excluding ortho intramolecular Hbond substituents is 1. The van der Waals surface area contributed by atoms with Crippen LogP contribution in [0.4, 0.5) is 5.69 Å². The number of hydrogen-bond acceptors (Lipinski definition) is 4. The Morgan fingerprint density at radius 2 is 1.43 bits per heavy atom. The van der Waals surface area contributed by atoms with Crippen molar-refractivity contribution < 1.29 is 5.11 Å². The van der Waals surface area contributed by atoms with E-state index in [1.54, 1.807) is 12.3 Å². The van der Waals surface area contributed by atoms with Gasteiger partial charge in [-0.1, -0.05) is 60.7 Å². The second-order valence-electron chi connectivity index (χ2n) is 6.34. The molecule has 0 saturated heterocycles. The number of nitrogens with zero attached hydrogens (tertiary/aromatic N) is 3. The molecule has 0 atom stereocenters. The first-order valence-corrected chi connectivity index (χ1v) is 9.52. The molecule has 28 heavy (non-hydrogen) atoms. The van der Waals surface area contributed by atoms with Gasteiger partial charge in [0, 0.05) is 41.5 Å². The van der Waals surface area contributed by atoms with Gasteiger partial charge in [0.2, 0.25) is 0 Å². The topological polar surface area (TPSA) is 48.2 Å². The predicted octanol–water partition coefficient (Wildman–Crippen LogP) is 5.11. The summed E-state index contributed by atoms with van der Waals surface area (Å²) in [6.45, 7) is 5.98. The van der Waals surface area contributed by atoms with E-state index >= 15 is 0 Å². The van der Waals surface area contributed by atoms with E-state index in [0.717, 1.165) is 35.6 Å². The number of aromatic hydroxyl groups is 1. The molecule has 0 unspecified atom stereocenters. The second kappa shape index (κ2) is 9.51. The zero-order valence-corrected chi connectivity index (χ0v) is 16.3. The minimum atomic E-state index is 0.198. The van der Waals surface area contributed by atoms with E-state index in [1.807, 2.05) is 72.8 Å². The lowest BCUT2D eigenvalue weighted by molar-refractivity contribution is 0.474. The van der Waals surface area contributed by atoms with Gasteiger partial charge in [0.05, 0.1) is 6.21 Å². The fourth-order valence-corrected chi connectivity index (χ4v) is 3.05. The molecule has 1 N–H and O–H groups in total. The van der Waals surface area contributed by atoms with Crippen LogP contribution in [-0.4, -0.2) is 30.1 Å². The van der Waals surface area contributed by atoms with Crippen molar-refractivity contribution in [2.24, 2.45) is 10.2 Å². The van der Waals surface area contributed by atoms with Crippen LogP contribution in [0.5, 0.6) is 5.75 Å². The number of hydrogen-bond donors (Lipinski definition) is 1. The molecule has 3 aromatic rings. The van der Waals surface area contributed by atoms with Gasteiger partial charge in [0.25, 0.3) is 0 Å². The fourth-order valence-electron chi connectivity index (χ4n) is 3.05. The average molecular weight is 371 g/mol. The van der Waals surface area contributed by atoms with Crippen molar-refractivity contribution in [3.63, 3.8) is 0 Å². The summed E-state index contributed by atoms with van der Waals surface area (Å²) >= 11 is 0. The maximum Gasteiger partial charge on any atom is 0.126 e. The van der Waals surface area contributed by atoms with Crippen LogP contribution in [0, 0.1) is 0 Å². The van der Waals surface area contributed by atoms with Crippen LogP contribution in [0.2, 0.25) is 0 Å². The molecular weight excluding hydrogens is 346 g/mol. The minimum Gasteiger partial charge on any atom is -0.507 e. The zero-order valence-electron chi connectivity index (χ0n) is 16.3. The number of rotatable bonds is 7. The Labute approximate surface area is 166 Å². The molecule has 142 valence electrons. The quantitative estimate of drug-likeness (QED) is 0.463. The van der Waals surface area contributed by atoms with Crippen LogP contribution in [0.15, 0.2) is 89.1 Å². The van der Waals surface area contributed by atoms with Gasteiger partial charge in [-0.15, -0.1) is 5.10 Å². The van der Waals surface area contributed by atoms with Crippen LogP contribution in [-0.2, 0) is 0 Å². The lowest BCUT2D eigenvalue weighted by Gasteiger charge is -2.21. The summed E-state index contributed by atoms with van der Waals surface area (Å²) in [5, 5.41) is 19.1. The molecule has 0 heterocycles. The molecule has 0 aliphatic carbocycles. The Kier molecular flexibility index (Phi) is 6.58. The van der Waals surface area contributed by atoms with Gasteiger partial charge in [-0.05, 0) is 26.0 Å². The van der Waals surface area contributed by atoms with Crippen molar-refractivity contribution in [1.29, 1.82) is 0 Å². The lowest BCUT2D eigenvalue weighted by Crippen LogP contribution is -2.21. The lowest BCUT2D eigenvalue weighted by atomic mass is 10.0. The summed E-state index contributed by atoms with van der Waals surface area (Å²) in [5.74, 6) is 0.198.